The number of anilines is 2. The van der Waals surface area contributed by atoms with Crippen molar-refractivity contribution < 1.29 is 14.7 Å². The monoisotopic (exact) mass is 551 g/mol. The summed E-state index contributed by atoms with van der Waals surface area (Å²) in [6.45, 7) is 6.46. The van der Waals surface area contributed by atoms with E-state index in [1.54, 1.807) is 17.6 Å². The van der Waals surface area contributed by atoms with E-state index < -0.39 is 18.4 Å². The number of nitrogens with zero attached hydrogens (tertiary/aromatic N) is 5. The van der Waals surface area contributed by atoms with E-state index in [-0.39, 0.29) is 20.3 Å². The molecule has 0 unspecified atom stereocenters. The lowest BCUT2D eigenvalue weighted by Crippen LogP contribution is -2.48. The number of aliphatic carboxylic acids is 1. The summed E-state index contributed by atoms with van der Waals surface area (Å²) in [4.78, 5) is 43.6. The van der Waals surface area contributed by atoms with Crippen LogP contribution < -0.4 is 15.4 Å². The van der Waals surface area contributed by atoms with E-state index in [1.165, 1.54) is 0 Å². The fraction of sp³-hybridized carbons (Fsp3) is 0.370. The molecule has 38 heavy (non-hydrogen) atoms. The number of piperazine rings is 1. The first-order valence-corrected chi connectivity index (χ1v) is 13.7. The van der Waals surface area contributed by atoms with Gasteiger partial charge in [-0.1, -0.05) is 55.5 Å². The number of carboxylic acids is 1. The molecular formula is C27H29N5O4S2. The molecule has 1 N–H and O–H groups in total. The highest BCUT2D eigenvalue weighted by molar-refractivity contribution is 8.26. The number of carboxylic acid groups (broad SMARTS) is 1. The van der Waals surface area contributed by atoms with Crippen molar-refractivity contribution >= 4 is 57.8 Å². The van der Waals surface area contributed by atoms with Gasteiger partial charge in [0.2, 0.25) is 0 Å². The Labute approximate surface area is 230 Å². The second-order valence-corrected chi connectivity index (χ2v) is 10.8. The Kier molecular flexibility index (Phi) is 8.54. The number of pyridine rings is 1. The molecule has 3 heterocycles. The van der Waals surface area contributed by atoms with Crippen molar-refractivity contribution in [3.8, 4) is 6.07 Å². The SMILES string of the molecule is CCCCn1c(N2CCN(c3ccccc3)CC2)c(/C=C2/SC(=S)N(CC(=O)O)C2=O)c(C)c(C#N)c1=O. The van der Waals surface area contributed by atoms with Crippen molar-refractivity contribution in [3.63, 3.8) is 0 Å². The summed E-state index contributed by atoms with van der Waals surface area (Å²) in [5.41, 5.74) is 1.94. The maximum atomic E-state index is 13.5. The number of unbranched alkanes of at least 4 members (excludes halogenated alkanes) is 1. The molecule has 1 aromatic carbocycles. The molecule has 4 rings (SSSR count). The van der Waals surface area contributed by atoms with Gasteiger partial charge in [-0.3, -0.25) is 23.9 Å². The Morgan fingerprint density at radius 1 is 1.16 bits per heavy atom. The van der Waals surface area contributed by atoms with Crippen molar-refractivity contribution in [1.82, 2.24) is 9.47 Å². The highest BCUT2D eigenvalue weighted by atomic mass is 32.2. The van der Waals surface area contributed by atoms with Crippen LogP contribution in [0.5, 0.6) is 0 Å². The Hall–Kier alpha value is -3.62. The van der Waals surface area contributed by atoms with Gasteiger partial charge < -0.3 is 14.9 Å². The molecule has 9 nitrogen and oxygen atoms in total. The van der Waals surface area contributed by atoms with E-state index in [9.17, 15) is 24.8 Å². The lowest BCUT2D eigenvalue weighted by atomic mass is 10.0. The molecule has 2 aliphatic rings. The fourth-order valence-corrected chi connectivity index (χ4v) is 5.96. The molecule has 0 saturated carbocycles. The Balaban J connectivity index is 1.80. The third kappa shape index (κ3) is 5.47. The predicted molar refractivity (Wildman–Crippen MR) is 153 cm³/mol. The number of aromatic nitrogens is 1. The molecule has 198 valence electrons. The zero-order valence-corrected chi connectivity index (χ0v) is 23.0. The number of carbonyl (C=O) groups is 2. The minimum atomic E-state index is -1.16. The van der Waals surface area contributed by atoms with Gasteiger partial charge in [0.15, 0.2) is 0 Å². The molecular weight excluding hydrogens is 522 g/mol. The number of para-hydroxylation sites is 1. The van der Waals surface area contributed by atoms with Gasteiger partial charge in [0, 0.05) is 44.0 Å². The van der Waals surface area contributed by atoms with Gasteiger partial charge in [-0.05, 0) is 37.1 Å². The summed E-state index contributed by atoms with van der Waals surface area (Å²) >= 11 is 6.30. The molecule has 2 saturated heterocycles. The number of hydrogen-bond donors (Lipinski definition) is 1. The third-order valence-electron chi connectivity index (χ3n) is 6.72. The summed E-state index contributed by atoms with van der Waals surface area (Å²) in [5.74, 6) is -0.974. The quantitative estimate of drug-likeness (QED) is 0.390. The number of carbonyl (C=O) groups excluding carboxylic acids is 1. The third-order valence-corrected chi connectivity index (χ3v) is 8.10. The molecule has 0 radical (unpaired) electrons. The van der Waals surface area contributed by atoms with Crippen LogP contribution in [-0.2, 0) is 16.1 Å². The average Bonchev–Trinajstić information content (AvgIpc) is 3.17. The van der Waals surface area contributed by atoms with Gasteiger partial charge >= 0.3 is 5.97 Å². The predicted octanol–water partition coefficient (Wildman–Crippen LogP) is 3.44. The molecule has 2 aliphatic heterocycles. The first-order valence-electron chi connectivity index (χ1n) is 12.5. The van der Waals surface area contributed by atoms with Gasteiger partial charge in [0.25, 0.3) is 11.5 Å². The van der Waals surface area contributed by atoms with Crippen LogP contribution in [0.2, 0.25) is 0 Å². The summed E-state index contributed by atoms with van der Waals surface area (Å²) < 4.78 is 1.83. The zero-order chi connectivity index (χ0) is 27.4. The van der Waals surface area contributed by atoms with Crippen LogP contribution in [0.15, 0.2) is 40.0 Å². The standard InChI is InChI=1S/C27H29N5O4S2/c1-3-4-10-31-24(30-13-11-29(12-14-30)19-8-6-5-7-9-19)20(18(2)21(16-28)25(31)35)15-22-26(36)32(17-23(33)34)27(37)38-22/h5-9,15H,3-4,10-14,17H2,1-2H3,(H,33,34)/b22-15+. The number of hydrogen-bond acceptors (Lipinski definition) is 8. The van der Waals surface area contributed by atoms with E-state index in [0.29, 0.717) is 36.6 Å². The Morgan fingerprint density at radius 3 is 2.42 bits per heavy atom. The molecule has 0 bridgehead atoms. The van der Waals surface area contributed by atoms with Gasteiger partial charge in [-0.25, -0.2) is 0 Å². The lowest BCUT2D eigenvalue weighted by Gasteiger charge is -2.39. The summed E-state index contributed by atoms with van der Waals surface area (Å²) in [5, 5.41) is 19.1. The molecule has 0 aliphatic carbocycles. The van der Waals surface area contributed by atoms with Crippen LogP contribution in [-0.4, -0.2) is 63.5 Å². The number of nitriles is 1. The largest absolute Gasteiger partial charge is 0.480 e. The smallest absolute Gasteiger partial charge is 0.323 e. The normalized spacial score (nSPS) is 16.9. The van der Waals surface area contributed by atoms with E-state index in [1.807, 2.05) is 25.1 Å². The van der Waals surface area contributed by atoms with Crippen molar-refractivity contribution in [1.29, 1.82) is 5.26 Å². The van der Waals surface area contributed by atoms with Crippen LogP contribution in [0.25, 0.3) is 6.08 Å². The van der Waals surface area contributed by atoms with E-state index >= 15 is 0 Å². The van der Waals surface area contributed by atoms with Crippen LogP contribution in [0.3, 0.4) is 0 Å². The number of thiocarbonyl (C=S) groups is 1. The summed E-state index contributed by atoms with van der Waals surface area (Å²) in [6, 6.07) is 12.2. The second-order valence-electron chi connectivity index (χ2n) is 9.13. The molecule has 0 atom stereocenters. The topological polar surface area (TPSA) is 110 Å². The van der Waals surface area contributed by atoms with Gasteiger partial charge in [0.05, 0.1) is 4.91 Å². The van der Waals surface area contributed by atoms with Crippen molar-refractivity contribution in [3.05, 3.63) is 62.3 Å². The van der Waals surface area contributed by atoms with E-state index in [0.717, 1.165) is 48.3 Å². The minimum absolute atomic E-state index is 0.0417. The maximum absolute atomic E-state index is 13.5. The number of amides is 1. The van der Waals surface area contributed by atoms with E-state index in [2.05, 4.69) is 28.0 Å². The summed E-state index contributed by atoms with van der Waals surface area (Å²) in [6.07, 6.45) is 3.29. The van der Waals surface area contributed by atoms with E-state index in [4.69, 9.17) is 12.2 Å². The van der Waals surface area contributed by atoms with Gasteiger partial charge in [0.1, 0.15) is 28.3 Å². The van der Waals surface area contributed by atoms with Crippen molar-refractivity contribution in [2.45, 2.75) is 33.2 Å². The first-order chi connectivity index (χ1) is 18.3. The Morgan fingerprint density at radius 2 is 1.82 bits per heavy atom. The minimum Gasteiger partial charge on any atom is -0.480 e. The average molecular weight is 552 g/mol. The number of rotatable bonds is 8. The van der Waals surface area contributed by atoms with Gasteiger partial charge in [-0.15, -0.1) is 0 Å². The van der Waals surface area contributed by atoms with Crippen molar-refractivity contribution in [2.24, 2.45) is 0 Å². The maximum Gasteiger partial charge on any atom is 0.323 e. The first kappa shape index (κ1) is 27.4. The Bertz CT molecular complexity index is 1390. The number of benzene rings is 1. The van der Waals surface area contributed by atoms with Crippen LogP contribution in [0, 0.1) is 18.3 Å². The molecule has 1 amide bonds. The molecule has 2 fully saturated rings. The summed E-state index contributed by atoms with van der Waals surface area (Å²) in [7, 11) is 0. The van der Waals surface area contributed by atoms with Crippen LogP contribution in [0.1, 0.15) is 36.5 Å². The highest BCUT2D eigenvalue weighted by Crippen LogP contribution is 2.36. The molecule has 1 aromatic heterocycles. The molecule has 11 heteroatoms. The molecule has 2 aromatic rings. The van der Waals surface area contributed by atoms with Crippen LogP contribution in [0.4, 0.5) is 11.5 Å². The van der Waals surface area contributed by atoms with Gasteiger partial charge in [-0.2, -0.15) is 5.26 Å². The molecule has 0 spiro atoms. The fourth-order valence-electron chi connectivity index (χ4n) is 4.73. The van der Waals surface area contributed by atoms with Crippen LogP contribution >= 0.6 is 24.0 Å². The second kappa shape index (κ2) is 11.8. The number of thioether (sulfide) groups is 1. The highest BCUT2D eigenvalue weighted by Gasteiger charge is 2.34. The zero-order valence-electron chi connectivity index (χ0n) is 21.3. The lowest BCUT2D eigenvalue weighted by molar-refractivity contribution is -0.140. The van der Waals surface area contributed by atoms with Crippen molar-refractivity contribution in [2.75, 3.05) is 42.5 Å².